The molecule has 0 aliphatic rings. The molecule has 4 heteroatoms. The molecule has 3 nitrogen and oxygen atoms in total. The smallest absolute Gasteiger partial charge is 0.239 e. The van der Waals surface area contributed by atoms with Crippen LogP contribution in [0.1, 0.15) is 20.8 Å². The first-order chi connectivity index (χ1) is 7.04. The van der Waals surface area contributed by atoms with E-state index in [0.29, 0.717) is 6.54 Å². The zero-order valence-electron chi connectivity index (χ0n) is 9.93. The lowest BCUT2D eigenvalue weighted by Crippen LogP contribution is -2.52. The van der Waals surface area contributed by atoms with Gasteiger partial charge in [-0.1, -0.05) is 13.0 Å². The fraction of sp³-hybridized carbons (Fsp3) is 0.727. The third-order valence-corrected chi connectivity index (χ3v) is 2.92. The highest BCUT2D eigenvalue weighted by Crippen LogP contribution is 2.02. The van der Waals surface area contributed by atoms with E-state index in [2.05, 4.69) is 17.2 Å². The van der Waals surface area contributed by atoms with Crippen LogP contribution in [0.15, 0.2) is 12.7 Å². The van der Waals surface area contributed by atoms with E-state index in [1.807, 2.05) is 26.8 Å². The van der Waals surface area contributed by atoms with Gasteiger partial charge in [0.15, 0.2) is 0 Å². The van der Waals surface area contributed by atoms with Crippen molar-refractivity contribution in [1.82, 2.24) is 10.6 Å². The van der Waals surface area contributed by atoms with Crippen LogP contribution in [0.4, 0.5) is 0 Å². The summed E-state index contributed by atoms with van der Waals surface area (Å²) in [4.78, 5) is 11.7. The average molecular weight is 230 g/mol. The predicted octanol–water partition coefficient (Wildman–Crippen LogP) is 1.41. The van der Waals surface area contributed by atoms with E-state index in [-0.39, 0.29) is 5.91 Å². The van der Waals surface area contributed by atoms with Gasteiger partial charge in [0, 0.05) is 18.1 Å². The molecule has 0 aliphatic carbocycles. The molecular formula is C11H22N2OS. The Balaban J connectivity index is 3.68. The summed E-state index contributed by atoms with van der Waals surface area (Å²) in [6.45, 7) is 10.9. The summed E-state index contributed by atoms with van der Waals surface area (Å²) in [5.41, 5.74) is -0.474. The van der Waals surface area contributed by atoms with Gasteiger partial charge in [-0.25, -0.2) is 0 Å². The molecule has 0 aliphatic heterocycles. The van der Waals surface area contributed by atoms with Crippen molar-refractivity contribution in [3.05, 3.63) is 12.7 Å². The standard InChI is InChI=1S/C11H22N2OS/c1-5-8-15-9-7-12-10(14)11(3,4)13-6-2/h5,13H,1,6-9H2,2-4H3,(H,12,14). The quantitative estimate of drug-likeness (QED) is 0.489. The highest BCUT2D eigenvalue weighted by atomic mass is 32.2. The van der Waals surface area contributed by atoms with Gasteiger partial charge in [0.05, 0.1) is 5.54 Å². The summed E-state index contributed by atoms with van der Waals surface area (Å²) >= 11 is 1.77. The van der Waals surface area contributed by atoms with Crippen LogP contribution >= 0.6 is 11.8 Å². The molecule has 0 saturated heterocycles. The van der Waals surface area contributed by atoms with E-state index >= 15 is 0 Å². The molecule has 0 unspecified atom stereocenters. The van der Waals surface area contributed by atoms with E-state index in [1.54, 1.807) is 11.8 Å². The Morgan fingerprint density at radius 2 is 2.20 bits per heavy atom. The number of carbonyl (C=O) groups excluding carboxylic acids is 1. The van der Waals surface area contributed by atoms with Gasteiger partial charge in [-0.15, -0.1) is 6.58 Å². The minimum atomic E-state index is -0.474. The van der Waals surface area contributed by atoms with Crippen LogP contribution in [0.2, 0.25) is 0 Å². The maximum absolute atomic E-state index is 11.7. The minimum absolute atomic E-state index is 0.0588. The van der Waals surface area contributed by atoms with E-state index in [4.69, 9.17) is 0 Å². The second-order valence-corrected chi connectivity index (χ2v) is 4.92. The summed E-state index contributed by atoms with van der Waals surface area (Å²) in [6.07, 6.45) is 1.87. The van der Waals surface area contributed by atoms with Crippen LogP contribution in [-0.4, -0.2) is 36.0 Å². The fourth-order valence-electron chi connectivity index (χ4n) is 1.15. The highest BCUT2D eigenvalue weighted by Gasteiger charge is 2.25. The summed E-state index contributed by atoms with van der Waals surface area (Å²) < 4.78 is 0. The molecule has 0 rings (SSSR count). The molecular weight excluding hydrogens is 208 g/mol. The van der Waals surface area contributed by atoms with Crippen molar-refractivity contribution in [1.29, 1.82) is 0 Å². The Morgan fingerprint density at radius 3 is 2.73 bits per heavy atom. The van der Waals surface area contributed by atoms with Gasteiger partial charge >= 0.3 is 0 Å². The van der Waals surface area contributed by atoms with E-state index in [1.165, 1.54) is 0 Å². The molecule has 0 aromatic heterocycles. The van der Waals surface area contributed by atoms with Crippen molar-refractivity contribution in [3.63, 3.8) is 0 Å². The molecule has 0 aromatic rings. The Hall–Kier alpha value is -0.480. The van der Waals surface area contributed by atoms with Crippen molar-refractivity contribution in [2.75, 3.05) is 24.6 Å². The van der Waals surface area contributed by atoms with E-state index in [0.717, 1.165) is 18.1 Å². The van der Waals surface area contributed by atoms with Gasteiger partial charge in [0.1, 0.15) is 0 Å². The maximum atomic E-state index is 11.7. The van der Waals surface area contributed by atoms with Gasteiger partial charge < -0.3 is 10.6 Å². The van der Waals surface area contributed by atoms with E-state index in [9.17, 15) is 4.79 Å². The molecule has 0 saturated carbocycles. The Kier molecular flexibility index (Phi) is 7.52. The Labute approximate surface area is 97.1 Å². The molecule has 1 amide bonds. The minimum Gasteiger partial charge on any atom is -0.354 e. The van der Waals surface area contributed by atoms with Crippen LogP contribution in [0.5, 0.6) is 0 Å². The van der Waals surface area contributed by atoms with Gasteiger partial charge in [0.25, 0.3) is 0 Å². The van der Waals surface area contributed by atoms with Gasteiger partial charge in [-0.05, 0) is 20.4 Å². The molecule has 0 heterocycles. The summed E-state index contributed by atoms with van der Waals surface area (Å²) in [5.74, 6) is 1.93. The van der Waals surface area contributed by atoms with Crippen molar-refractivity contribution in [2.45, 2.75) is 26.3 Å². The monoisotopic (exact) mass is 230 g/mol. The molecule has 0 atom stereocenters. The van der Waals surface area contributed by atoms with E-state index < -0.39 is 5.54 Å². The molecule has 0 radical (unpaired) electrons. The van der Waals surface area contributed by atoms with Gasteiger partial charge in [0.2, 0.25) is 5.91 Å². The largest absolute Gasteiger partial charge is 0.354 e. The molecule has 2 N–H and O–H groups in total. The van der Waals surface area contributed by atoms with Crippen LogP contribution in [0, 0.1) is 0 Å². The van der Waals surface area contributed by atoms with Gasteiger partial charge in [-0.2, -0.15) is 11.8 Å². The van der Waals surface area contributed by atoms with Crippen LogP contribution < -0.4 is 10.6 Å². The van der Waals surface area contributed by atoms with Crippen molar-refractivity contribution < 1.29 is 4.79 Å². The van der Waals surface area contributed by atoms with Crippen molar-refractivity contribution >= 4 is 17.7 Å². The molecule has 0 aromatic carbocycles. The van der Waals surface area contributed by atoms with Crippen LogP contribution in [-0.2, 0) is 4.79 Å². The zero-order valence-corrected chi connectivity index (χ0v) is 10.7. The van der Waals surface area contributed by atoms with Crippen LogP contribution in [0.25, 0.3) is 0 Å². The number of hydrogen-bond donors (Lipinski definition) is 2. The second kappa shape index (κ2) is 7.77. The fourth-order valence-corrected chi connectivity index (χ4v) is 1.73. The normalized spacial score (nSPS) is 11.1. The Morgan fingerprint density at radius 1 is 1.53 bits per heavy atom. The Bertz CT molecular complexity index is 205. The van der Waals surface area contributed by atoms with Crippen molar-refractivity contribution in [3.8, 4) is 0 Å². The van der Waals surface area contributed by atoms with Crippen LogP contribution in [0.3, 0.4) is 0 Å². The third-order valence-electron chi connectivity index (χ3n) is 1.95. The zero-order chi connectivity index (χ0) is 11.7. The summed E-state index contributed by atoms with van der Waals surface area (Å²) in [5, 5.41) is 6.05. The number of nitrogens with one attached hydrogen (secondary N) is 2. The average Bonchev–Trinajstić information content (AvgIpc) is 2.17. The van der Waals surface area contributed by atoms with Crippen molar-refractivity contribution in [2.24, 2.45) is 0 Å². The lowest BCUT2D eigenvalue weighted by Gasteiger charge is -2.24. The number of hydrogen-bond acceptors (Lipinski definition) is 3. The number of thioether (sulfide) groups is 1. The number of carbonyl (C=O) groups is 1. The molecule has 0 bridgehead atoms. The SMILES string of the molecule is C=CCSCCNC(=O)C(C)(C)NCC. The predicted molar refractivity (Wildman–Crippen MR) is 68.3 cm³/mol. The topological polar surface area (TPSA) is 41.1 Å². The number of amides is 1. The molecule has 88 valence electrons. The second-order valence-electron chi connectivity index (χ2n) is 3.77. The first kappa shape index (κ1) is 14.5. The molecule has 0 spiro atoms. The highest BCUT2D eigenvalue weighted by molar-refractivity contribution is 7.99. The first-order valence-corrected chi connectivity index (χ1v) is 6.42. The lowest BCUT2D eigenvalue weighted by molar-refractivity contribution is -0.126. The number of likely N-dealkylation sites (N-methyl/N-ethyl adjacent to an activating group) is 1. The summed E-state index contributed by atoms with van der Waals surface area (Å²) in [7, 11) is 0. The molecule has 15 heavy (non-hydrogen) atoms. The lowest BCUT2D eigenvalue weighted by atomic mass is 10.1. The summed E-state index contributed by atoms with van der Waals surface area (Å²) in [6, 6.07) is 0. The third kappa shape index (κ3) is 6.57. The maximum Gasteiger partial charge on any atom is 0.239 e. The first-order valence-electron chi connectivity index (χ1n) is 5.26. The number of rotatable bonds is 8. The van der Waals surface area contributed by atoms with Gasteiger partial charge in [-0.3, -0.25) is 4.79 Å². The molecule has 0 fully saturated rings.